The molecule has 0 spiro atoms. The largest absolute Gasteiger partial charge is 0.309 e. The second-order valence-electron chi connectivity index (χ2n) is 6.74. The van der Waals surface area contributed by atoms with Crippen molar-refractivity contribution in [2.24, 2.45) is 0 Å². The Balaban J connectivity index is 2.30. The van der Waals surface area contributed by atoms with Crippen molar-refractivity contribution >= 4 is 0 Å². The molecule has 21 heavy (non-hydrogen) atoms. The minimum atomic E-state index is -0.763. The molecule has 0 unspecified atom stereocenters. The van der Waals surface area contributed by atoms with Gasteiger partial charge in [0, 0.05) is 36.3 Å². The fourth-order valence-corrected chi connectivity index (χ4v) is 3.26. The maximum atomic E-state index is 14.0. The molecule has 0 aliphatic carbocycles. The first-order valence-corrected chi connectivity index (χ1v) is 7.76. The van der Waals surface area contributed by atoms with Gasteiger partial charge in [-0.1, -0.05) is 26.0 Å². The lowest BCUT2D eigenvalue weighted by atomic mass is 9.84. The lowest BCUT2D eigenvalue weighted by Crippen LogP contribution is -2.67. The van der Waals surface area contributed by atoms with Crippen LogP contribution in [0.5, 0.6) is 0 Å². The Kier molecular flexibility index (Phi) is 4.69. The summed E-state index contributed by atoms with van der Waals surface area (Å²) in [4.78, 5) is 2.32. The molecule has 0 amide bonds. The van der Waals surface area contributed by atoms with Gasteiger partial charge in [-0.2, -0.15) is 0 Å². The number of rotatable bonds is 4. The Hall–Kier alpha value is -1.00. The van der Waals surface area contributed by atoms with Gasteiger partial charge in [0.1, 0.15) is 0 Å². The maximum Gasteiger partial charge on any atom is 0.163 e. The summed E-state index contributed by atoms with van der Waals surface area (Å²) < 4.78 is 27.4. The van der Waals surface area contributed by atoms with Gasteiger partial charge in [-0.3, -0.25) is 4.90 Å². The number of hydrogen-bond acceptors (Lipinski definition) is 2. The zero-order chi connectivity index (χ0) is 15.7. The Labute approximate surface area is 126 Å². The van der Waals surface area contributed by atoms with Gasteiger partial charge in [0.05, 0.1) is 0 Å². The van der Waals surface area contributed by atoms with Gasteiger partial charge in [0.15, 0.2) is 11.6 Å². The SMILES string of the molecule is CCC1(CC)CNC(C)(C)CN1Cc1cccc(F)c1F. The van der Waals surface area contributed by atoms with Gasteiger partial charge in [0.2, 0.25) is 0 Å². The van der Waals surface area contributed by atoms with E-state index in [9.17, 15) is 8.78 Å². The molecule has 1 aliphatic heterocycles. The minimum Gasteiger partial charge on any atom is -0.309 e. The fraction of sp³-hybridized carbons (Fsp3) is 0.647. The van der Waals surface area contributed by atoms with Gasteiger partial charge in [-0.25, -0.2) is 8.78 Å². The van der Waals surface area contributed by atoms with Crippen LogP contribution in [0, 0.1) is 11.6 Å². The standard InChI is InChI=1S/C17H26F2N2/c1-5-17(6-2)11-20-16(3,4)12-21(17)10-13-8-7-9-14(18)15(13)19/h7-9,20H,5-6,10-12H2,1-4H3. The number of benzene rings is 1. The second-order valence-corrected chi connectivity index (χ2v) is 6.74. The summed E-state index contributed by atoms with van der Waals surface area (Å²) in [7, 11) is 0. The van der Waals surface area contributed by atoms with Crippen LogP contribution in [-0.2, 0) is 6.54 Å². The molecule has 0 radical (unpaired) electrons. The van der Waals surface area contributed by atoms with Crippen molar-refractivity contribution in [3.05, 3.63) is 35.4 Å². The van der Waals surface area contributed by atoms with Crippen LogP contribution in [0.2, 0.25) is 0 Å². The Morgan fingerprint density at radius 2 is 1.86 bits per heavy atom. The van der Waals surface area contributed by atoms with Gasteiger partial charge in [-0.15, -0.1) is 0 Å². The van der Waals surface area contributed by atoms with Crippen molar-refractivity contribution in [1.29, 1.82) is 0 Å². The summed E-state index contributed by atoms with van der Waals surface area (Å²) in [6.07, 6.45) is 1.98. The van der Waals surface area contributed by atoms with Crippen LogP contribution in [0.15, 0.2) is 18.2 Å². The van der Waals surface area contributed by atoms with E-state index in [1.165, 1.54) is 6.07 Å². The first-order chi connectivity index (χ1) is 9.83. The summed E-state index contributed by atoms with van der Waals surface area (Å²) in [5, 5.41) is 3.58. The highest BCUT2D eigenvalue weighted by atomic mass is 19.2. The van der Waals surface area contributed by atoms with E-state index >= 15 is 0 Å². The third kappa shape index (κ3) is 3.27. The third-order valence-corrected chi connectivity index (χ3v) is 4.86. The quantitative estimate of drug-likeness (QED) is 0.911. The molecule has 1 aliphatic rings. The molecule has 118 valence electrons. The smallest absolute Gasteiger partial charge is 0.163 e. The normalized spacial score (nSPS) is 21.4. The van der Waals surface area contributed by atoms with Gasteiger partial charge >= 0.3 is 0 Å². The van der Waals surface area contributed by atoms with Crippen molar-refractivity contribution in [2.45, 2.75) is 58.2 Å². The molecule has 1 N–H and O–H groups in total. The summed E-state index contributed by atoms with van der Waals surface area (Å²) in [5.41, 5.74) is 0.435. The number of hydrogen-bond donors (Lipinski definition) is 1. The first-order valence-electron chi connectivity index (χ1n) is 7.76. The van der Waals surface area contributed by atoms with Gasteiger partial charge in [0.25, 0.3) is 0 Å². The maximum absolute atomic E-state index is 14.0. The van der Waals surface area contributed by atoms with Crippen LogP contribution in [0.3, 0.4) is 0 Å². The first kappa shape index (κ1) is 16.4. The minimum absolute atomic E-state index is 0.00821. The highest BCUT2D eigenvalue weighted by Crippen LogP contribution is 2.32. The van der Waals surface area contributed by atoms with Crippen LogP contribution in [0.1, 0.15) is 46.1 Å². The van der Waals surface area contributed by atoms with E-state index in [1.54, 1.807) is 12.1 Å². The molecule has 1 fully saturated rings. The molecule has 2 nitrogen and oxygen atoms in total. The van der Waals surface area contributed by atoms with Crippen LogP contribution in [0.25, 0.3) is 0 Å². The van der Waals surface area contributed by atoms with E-state index in [-0.39, 0.29) is 11.1 Å². The summed E-state index contributed by atoms with van der Waals surface area (Å²) in [5.74, 6) is -1.48. The summed E-state index contributed by atoms with van der Waals surface area (Å²) in [6, 6.07) is 4.44. The molecular formula is C17H26F2N2. The van der Waals surface area contributed by atoms with E-state index in [0.29, 0.717) is 12.1 Å². The van der Waals surface area contributed by atoms with E-state index in [4.69, 9.17) is 0 Å². The molecule has 1 heterocycles. The van der Waals surface area contributed by atoms with Crippen molar-refractivity contribution in [1.82, 2.24) is 10.2 Å². The predicted octanol–water partition coefficient (Wildman–Crippen LogP) is 3.71. The molecule has 0 atom stereocenters. The highest BCUT2D eigenvalue weighted by Gasteiger charge is 2.41. The summed E-state index contributed by atoms with van der Waals surface area (Å²) >= 11 is 0. The van der Waals surface area contributed by atoms with E-state index < -0.39 is 11.6 Å². The molecule has 0 bridgehead atoms. The Morgan fingerprint density at radius 1 is 1.19 bits per heavy atom. The Bertz CT molecular complexity index is 496. The highest BCUT2D eigenvalue weighted by molar-refractivity contribution is 5.20. The molecule has 0 saturated carbocycles. The average Bonchev–Trinajstić information content (AvgIpc) is 2.44. The third-order valence-electron chi connectivity index (χ3n) is 4.86. The number of nitrogens with one attached hydrogen (secondary N) is 1. The molecule has 0 aromatic heterocycles. The lowest BCUT2D eigenvalue weighted by molar-refractivity contribution is 0.00152. The van der Waals surface area contributed by atoms with Crippen molar-refractivity contribution in [2.75, 3.05) is 13.1 Å². The number of piperazine rings is 1. The topological polar surface area (TPSA) is 15.3 Å². The average molecular weight is 296 g/mol. The lowest BCUT2D eigenvalue weighted by Gasteiger charge is -2.52. The Morgan fingerprint density at radius 3 is 2.48 bits per heavy atom. The van der Waals surface area contributed by atoms with Crippen molar-refractivity contribution in [3.63, 3.8) is 0 Å². The van der Waals surface area contributed by atoms with Crippen molar-refractivity contribution in [3.8, 4) is 0 Å². The van der Waals surface area contributed by atoms with Crippen LogP contribution < -0.4 is 5.32 Å². The monoisotopic (exact) mass is 296 g/mol. The van der Waals surface area contributed by atoms with Gasteiger partial charge in [-0.05, 0) is 32.8 Å². The van der Waals surface area contributed by atoms with Crippen molar-refractivity contribution < 1.29 is 8.78 Å². The fourth-order valence-electron chi connectivity index (χ4n) is 3.26. The second kappa shape index (κ2) is 6.01. The predicted molar refractivity (Wildman–Crippen MR) is 82.2 cm³/mol. The molecule has 4 heteroatoms. The molecule has 1 saturated heterocycles. The number of halogens is 2. The van der Waals surface area contributed by atoms with E-state index in [0.717, 1.165) is 25.9 Å². The van der Waals surface area contributed by atoms with E-state index in [2.05, 4.69) is 37.9 Å². The van der Waals surface area contributed by atoms with Crippen LogP contribution in [0.4, 0.5) is 8.78 Å². The molecule has 2 rings (SSSR count). The zero-order valence-electron chi connectivity index (χ0n) is 13.5. The molecule has 1 aromatic rings. The summed E-state index contributed by atoms with van der Waals surface area (Å²) in [6.45, 7) is 10.8. The van der Waals surface area contributed by atoms with Crippen LogP contribution in [-0.4, -0.2) is 29.1 Å². The van der Waals surface area contributed by atoms with E-state index in [1.807, 2.05) is 0 Å². The molecular weight excluding hydrogens is 270 g/mol. The zero-order valence-corrected chi connectivity index (χ0v) is 13.5. The van der Waals surface area contributed by atoms with Crippen LogP contribution >= 0.6 is 0 Å². The number of nitrogens with zero attached hydrogens (tertiary/aromatic N) is 1. The van der Waals surface area contributed by atoms with Gasteiger partial charge < -0.3 is 5.32 Å². The molecule has 1 aromatic carbocycles.